The molecule has 1 aromatic heterocycles. The van der Waals surface area contributed by atoms with Crippen molar-refractivity contribution in [2.75, 3.05) is 20.3 Å². The number of hydrogen-bond donors (Lipinski definition) is 1. The van der Waals surface area contributed by atoms with Crippen LogP contribution >= 0.6 is 0 Å². The van der Waals surface area contributed by atoms with Gasteiger partial charge in [-0.1, -0.05) is 27.7 Å². The van der Waals surface area contributed by atoms with Crippen LogP contribution in [-0.4, -0.2) is 83.3 Å². The summed E-state index contributed by atoms with van der Waals surface area (Å²) in [6, 6.07) is 2.80. The van der Waals surface area contributed by atoms with Crippen LogP contribution in [0.2, 0.25) is 0 Å². The number of methoxy groups -OCH3 is 1. The van der Waals surface area contributed by atoms with Crippen LogP contribution in [0.1, 0.15) is 66.0 Å². The zero-order valence-corrected chi connectivity index (χ0v) is 25.9. The van der Waals surface area contributed by atoms with Gasteiger partial charge in [-0.05, 0) is 37.3 Å². The van der Waals surface area contributed by atoms with Crippen molar-refractivity contribution < 1.29 is 42.1 Å². The van der Waals surface area contributed by atoms with Gasteiger partial charge in [0.15, 0.2) is 11.5 Å². The molecular formula is C31H40F2N4O7. The van der Waals surface area contributed by atoms with Crippen molar-refractivity contribution in [3.63, 3.8) is 0 Å². The first-order valence-electron chi connectivity index (χ1n) is 15.0. The molecule has 0 spiro atoms. The molecule has 13 heteroatoms. The summed E-state index contributed by atoms with van der Waals surface area (Å²) in [5, 5.41) is 2.71. The third kappa shape index (κ3) is 6.43. The van der Waals surface area contributed by atoms with E-state index >= 15 is 8.78 Å². The van der Waals surface area contributed by atoms with Gasteiger partial charge >= 0.3 is 6.09 Å². The third-order valence-corrected chi connectivity index (χ3v) is 8.49. The van der Waals surface area contributed by atoms with Gasteiger partial charge in [0.2, 0.25) is 11.8 Å². The number of halogens is 2. The predicted molar refractivity (Wildman–Crippen MR) is 155 cm³/mol. The van der Waals surface area contributed by atoms with Crippen molar-refractivity contribution in [1.29, 1.82) is 0 Å². The highest BCUT2D eigenvalue weighted by Gasteiger charge is 2.51. The molecule has 0 unspecified atom stereocenters. The van der Waals surface area contributed by atoms with Crippen LogP contribution < -0.4 is 14.8 Å². The van der Waals surface area contributed by atoms with Crippen LogP contribution in [0.3, 0.4) is 0 Å². The number of alkyl carbamates (subject to hydrolysis) is 1. The van der Waals surface area contributed by atoms with Gasteiger partial charge in [-0.25, -0.2) is 14.8 Å². The van der Waals surface area contributed by atoms with Gasteiger partial charge in [-0.15, -0.1) is 0 Å². The van der Waals surface area contributed by atoms with E-state index in [1.54, 1.807) is 39.0 Å². The number of nitrogens with zero attached hydrogens (tertiary/aromatic N) is 3. The Morgan fingerprint density at radius 3 is 2.55 bits per heavy atom. The normalized spacial score (nSPS) is 29.3. The fourth-order valence-electron chi connectivity index (χ4n) is 6.05. The minimum Gasteiger partial charge on any atom is -0.497 e. The number of alkyl halides is 2. The number of hydrogen-bond acceptors (Lipinski definition) is 9. The van der Waals surface area contributed by atoms with Crippen LogP contribution in [0.5, 0.6) is 11.6 Å². The van der Waals surface area contributed by atoms with Crippen LogP contribution in [0, 0.1) is 11.3 Å². The first-order chi connectivity index (χ1) is 20.7. The molecule has 3 aliphatic rings. The summed E-state index contributed by atoms with van der Waals surface area (Å²) in [6.07, 6.45) is -2.35. The fraction of sp³-hybridized carbons (Fsp3) is 0.645. The number of benzene rings is 1. The van der Waals surface area contributed by atoms with Gasteiger partial charge in [0.25, 0.3) is 5.92 Å². The molecule has 6 atom stereocenters. The number of ketones is 1. The second kappa shape index (κ2) is 12.1. The van der Waals surface area contributed by atoms with E-state index in [0.717, 1.165) is 0 Å². The third-order valence-electron chi connectivity index (χ3n) is 8.49. The molecule has 1 saturated heterocycles. The minimum absolute atomic E-state index is 0.00594. The molecule has 11 nitrogen and oxygen atoms in total. The Balaban J connectivity index is 1.59. The molecule has 2 aromatic rings. The highest BCUT2D eigenvalue weighted by molar-refractivity contribution is 5.92. The standard InChI is InChI=1S/C31H40F2N4O7/c1-7-18-23-15-37(24(18)16(2)38)28(39)26(30(3,4)5)36-29(40)44-22-14-21(22)42-12-8-11-31(32,33)25-27(43-23)35-20-13-17(41-6)9-10-19(20)34-25/h9-10,13,18,21-24,26H,7-8,11-12,14-15H2,1-6H3,(H,36,40)/t18-,21-,22-,23+,24-,26-/m1/s1. The van der Waals surface area contributed by atoms with E-state index in [2.05, 4.69) is 15.3 Å². The molecule has 5 rings (SSSR count). The number of nitrogens with one attached hydrogen (secondary N) is 1. The minimum atomic E-state index is -3.43. The SMILES string of the molecule is CC[C@@H]1[C@@H]2CN(C(=O)[C@H](C(C)(C)C)NC(=O)O[C@@H]3C[C@H]3OCCCC(F)(F)c3nc4ccc(OC)cc4nc3O2)[C@@H]1C(C)=O. The van der Waals surface area contributed by atoms with Crippen molar-refractivity contribution in [3.8, 4) is 11.6 Å². The summed E-state index contributed by atoms with van der Waals surface area (Å²) in [4.78, 5) is 50.2. The van der Waals surface area contributed by atoms with E-state index in [0.29, 0.717) is 24.1 Å². The highest BCUT2D eigenvalue weighted by Crippen LogP contribution is 2.41. The molecular weight excluding hydrogens is 578 g/mol. The van der Waals surface area contributed by atoms with Gasteiger partial charge < -0.3 is 29.2 Å². The summed E-state index contributed by atoms with van der Waals surface area (Å²) in [5.74, 6) is -4.64. The van der Waals surface area contributed by atoms with Gasteiger partial charge in [0, 0.05) is 31.4 Å². The smallest absolute Gasteiger partial charge is 0.408 e. The number of fused-ring (bicyclic) bond motifs is 5. The number of rotatable bonds is 3. The lowest BCUT2D eigenvalue weighted by Gasteiger charge is -2.35. The Bertz CT molecular complexity index is 1430. The van der Waals surface area contributed by atoms with E-state index in [-0.39, 0.29) is 36.8 Å². The summed E-state index contributed by atoms with van der Waals surface area (Å²) in [6.45, 7) is 8.55. The number of carbonyl (C=O) groups is 3. The number of amides is 2. The summed E-state index contributed by atoms with van der Waals surface area (Å²) < 4.78 is 54.5. The maximum atomic E-state index is 15.9. The van der Waals surface area contributed by atoms with Crippen LogP contribution in [0.15, 0.2) is 18.2 Å². The zero-order valence-electron chi connectivity index (χ0n) is 25.9. The van der Waals surface area contributed by atoms with E-state index in [1.807, 2.05) is 6.92 Å². The average molecular weight is 619 g/mol. The van der Waals surface area contributed by atoms with E-state index in [9.17, 15) is 14.4 Å². The van der Waals surface area contributed by atoms with Crippen molar-refractivity contribution in [3.05, 3.63) is 23.9 Å². The summed E-state index contributed by atoms with van der Waals surface area (Å²) in [5.41, 5.74) is -0.842. The number of Topliss-reactive ketones (excluding diaryl/α,β-unsaturated/α-hetero) is 1. The molecule has 1 saturated carbocycles. The Kier molecular flexibility index (Phi) is 8.71. The molecule has 3 heterocycles. The Hall–Kier alpha value is -3.61. The van der Waals surface area contributed by atoms with Crippen molar-refractivity contribution in [2.24, 2.45) is 11.3 Å². The molecule has 1 aromatic carbocycles. The second-order valence-corrected chi connectivity index (χ2v) is 12.8. The quantitative estimate of drug-likeness (QED) is 0.532. The Labute approximate surface area is 255 Å². The van der Waals surface area contributed by atoms with E-state index in [1.165, 1.54) is 18.9 Å². The molecule has 1 N–H and O–H groups in total. The lowest BCUT2D eigenvalue weighted by molar-refractivity contribution is -0.141. The highest BCUT2D eigenvalue weighted by atomic mass is 19.3. The van der Waals surface area contributed by atoms with Gasteiger partial charge in [-0.3, -0.25) is 9.59 Å². The lowest BCUT2D eigenvalue weighted by atomic mass is 9.85. The maximum absolute atomic E-state index is 15.9. The lowest BCUT2D eigenvalue weighted by Crippen LogP contribution is -2.57. The molecule has 2 aliphatic heterocycles. The molecule has 1 aliphatic carbocycles. The van der Waals surface area contributed by atoms with Crippen LogP contribution in [-0.2, 0) is 25.0 Å². The monoisotopic (exact) mass is 618 g/mol. The number of aromatic nitrogens is 2. The van der Waals surface area contributed by atoms with Crippen molar-refractivity contribution >= 4 is 28.8 Å². The van der Waals surface area contributed by atoms with Crippen molar-refractivity contribution in [2.45, 2.75) is 96.6 Å². The average Bonchev–Trinajstić information content (AvgIpc) is 3.58. The van der Waals surface area contributed by atoms with Gasteiger partial charge in [-0.2, -0.15) is 8.78 Å². The molecule has 44 heavy (non-hydrogen) atoms. The van der Waals surface area contributed by atoms with Gasteiger partial charge in [0.05, 0.1) is 36.8 Å². The zero-order chi connectivity index (χ0) is 32.0. The predicted octanol–water partition coefficient (Wildman–Crippen LogP) is 4.40. The molecule has 2 bridgehead atoms. The summed E-state index contributed by atoms with van der Waals surface area (Å²) in [7, 11) is 1.48. The topological polar surface area (TPSA) is 129 Å². The number of ether oxygens (including phenoxy) is 4. The van der Waals surface area contributed by atoms with Crippen molar-refractivity contribution in [1.82, 2.24) is 20.2 Å². The van der Waals surface area contributed by atoms with Crippen LogP contribution in [0.4, 0.5) is 13.6 Å². The fourth-order valence-corrected chi connectivity index (χ4v) is 6.05. The second-order valence-electron chi connectivity index (χ2n) is 12.8. The molecule has 2 amide bonds. The molecule has 2 fully saturated rings. The van der Waals surface area contributed by atoms with Crippen LogP contribution in [0.25, 0.3) is 11.0 Å². The van der Waals surface area contributed by atoms with Gasteiger partial charge in [0.1, 0.15) is 24.0 Å². The number of carbonyl (C=O) groups excluding carboxylic acids is 3. The van der Waals surface area contributed by atoms with E-state index < -0.39 is 71.8 Å². The Morgan fingerprint density at radius 2 is 1.89 bits per heavy atom. The maximum Gasteiger partial charge on any atom is 0.408 e. The molecule has 240 valence electrons. The van der Waals surface area contributed by atoms with E-state index in [4.69, 9.17) is 18.9 Å². The Morgan fingerprint density at radius 1 is 1.14 bits per heavy atom. The molecule has 0 radical (unpaired) electrons. The largest absolute Gasteiger partial charge is 0.497 e. The first-order valence-corrected chi connectivity index (χ1v) is 15.0. The summed E-state index contributed by atoms with van der Waals surface area (Å²) >= 11 is 0. The first kappa shape index (κ1) is 31.8.